The fraction of sp³-hybridized carbons (Fsp3) is 0.333. The van der Waals surface area contributed by atoms with Crippen LogP contribution in [0.3, 0.4) is 0 Å². The van der Waals surface area contributed by atoms with E-state index in [1.165, 1.54) is 5.56 Å². The van der Waals surface area contributed by atoms with Crippen molar-refractivity contribution in [2.24, 2.45) is 0 Å². The molecule has 3 heteroatoms. The minimum Gasteiger partial charge on any atom is -0.113 e. The van der Waals surface area contributed by atoms with E-state index in [0.29, 0.717) is 10.0 Å². The Balaban J connectivity index is 2.30. The van der Waals surface area contributed by atoms with Crippen LogP contribution in [0.4, 0.5) is 0 Å². The van der Waals surface area contributed by atoms with Crippen LogP contribution in [0.5, 0.6) is 0 Å². The molecular formula is C18H19Cl3. The van der Waals surface area contributed by atoms with Gasteiger partial charge < -0.3 is 0 Å². The average molecular weight is 342 g/mol. The summed E-state index contributed by atoms with van der Waals surface area (Å²) in [5, 5.41) is 0.946. The van der Waals surface area contributed by atoms with Crippen molar-refractivity contribution in [2.75, 3.05) is 0 Å². The lowest BCUT2D eigenvalue weighted by Gasteiger charge is -2.24. The van der Waals surface area contributed by atoms with Gasteiger partial charge in [-0.15, -0.1) is 11.6 Å². The zero-order chi connectivity index (χ0) is 15.6. The molecule has 112 valence electrons. The number of alkyl halides is 1. The normalized spacial score (nSPS) is 13.2. The molecule has 0 saturated heterocycles. The first kappa shape index (κ1) is 16.7. The first-order valence-corrected chi connectivity index (χ1v) is 8.24. The van der Waals surface area contributed by atoms with E-state index in [-0.39, 0.29) is 10.8 Å². The van der Waals surface area contributed by atoms with Crippen molar-refractivity contribution in [3.05, 3.63) is 69.2 Å². The molecule has 0 heterocycles. The molecule has 0 bridgehead atoms. The Kier molecular flexibility index (Phi) is 5.24. The summed E-state index contributed by atoms with van der Waals surface area (Å²) in [5.41, 5.74) is 3.42. The lowest BCUT2D eigenvalue weighted by Crippen LogP contribution is -2.15. The Hall–Kier alpha value is -0.690. The number of benzene rings is 2. The van der Waals surface area contributed by atoms with Gasteiger partial charge in [0.15, 0.2) is 0 Å². The van der Waals surface area contributed by atoms with E-state index in [4.69, 9.17) is 34.8 Å². The minimum atomic E-state index is -0.270. The van der Waals surface area contributed by atoms with Gasteiger partial charge in [-0.3, -0.25) is 0 Å². The average Bonchev–Trinajstić information content (AvgIpc) is 2.47. The molecule has 1 atom stereocenters. The molecule has 2 aromatic rings. The van der Waals surface area contributed by atoms with Gasteiger partial charge in [0.1, 0.15) is 0 Å². The predicted molar refractivity (Wildman–Crippen MR) is 93.9 cm³/mol. The number of hydrogen-bond acceptors (Lipinski definition) is 0. The third-order valence-corrected chi connectivity index (χ3v) is 5.15. The molecule has 0 radical (unpaired) electrons. The maximum absolute atomic E-state index is 6.56. The molecular weight excluding hydrogens is 323 g/mol. The second-order valence-corrected chi connectivity index (χ2v) is 7.17. The Morgan fingerprint density at radius 2 is 1.62 bits per heavy atom. The third-order valence-electron chi connectivity index (χ3n) is 4.10. The molecule has 2 rings (SSSR count). The Bertz CT molecular complexity index is 615. The molecule has 0 fully saturated rings. The summed E-state index contributed by atoms with van der Waals surface area (Å²) in [5.74, 6) is 0. The molecule has 0 aliphatic rings. The van der Waals surface area contributed by atoms with Crippen molar-refractivity contribution in [3.63, 3.8) is 0 Å². The standard InChI is InChI=1S/C18H19Cl3/c1-4-18(2,3)13-7-5-12(6-8-13)17(21)15-10-9-14(19)11-16(15)20/h5-11,17H,4H2,1-3H3. The van der Waals surface area contributed by atoms with Gasteiger partial charge in [0.05, 0.1) is 5.38 Å². The molecule has 0 spiro atoms. The Morgan fingerprint density at radius 3 is 2.14 bits per heavy atom. The second-order valence-electron chi connectivity index (χ2n) is 5.89. The van der Waals surface area contributed by atoms with E-state index < -0.39 is 0 Å². The highest BCUT2D eigenvalue weighted by Gasteiger charge is 2.19. The fourth-order valence-electron chi connectivity index (χ4n) is 2.19. The van der Waals surface area contributed by atoms with E-state index in [2.05, 4.69) is 45.0 Å². The second kappa shape index (κ2) is 6.60. The largest absolute Gasteiger partial charge is 0.113 e. The summed E-state index contributed by atoms with van der Waals surface area (Å²) >= 11 is 18.7. The molecule has 0 aliphatic carbocycles. The van der Waals surface area contributed by atoms with E-state index in [0.717, 1.165) is 17.5 Å². The summed E-state index contributed by atoms with van der Waals surface area (Å²) in [6, 6.07) is 13.9. The number of hydrogen-bond donors (Lipinski definition) is 0. The van der Waals surface area contributed by atoms with E-state index in [1.807, 2.05) is 12.1 Å². The van der Waals surface area contributed by atoms with E-state index in [9.17, 15) is 0 Å². The lowest BCUT2D eigenvalue weighted by atomic mass is 9.82. The van der Waals surface area contributed by atoms with Crippen molar-refractivity contribution in [2.45, 2.75) is 38.0 Å². The first-order chi connectivity index (χ1) is 9.85. The molecule has 0 aliphatic heterocycles. The van der Waals surface area contributed by atoms with Crippen LogP contribution in [-0.4, -0.2) is 0 Å². The van der Waals surface area contributed by atoms with Gasteiger partial charge in [0.2, 0.25) is 0 Å². The Labute approximate surface area is 142 Å². The van der Waals surface area contributed by atoms with Crippen LogP contribution >= 0.6 is 34.8 Å². The molecule has 1 unspecified atom stereocenters. The van der Waals surface area contributed by atoms with Gasteiger partial charge in [0, 0.05) is 10.0 Å². The quantitative estimate of drug-likeness (QED) is 0.525. The minimum absolute atomic E-state index is 0.179. The maximum Gasteiger partial charge on any atom is 0.0849 e. The fourth-order valence-corrected chi connectivity index (χ4v) is 3.10. The van der Waals surface area contributed by atoms with Gasteiger partial charge in [0.25, 0.3) is 0 Å². The lowest BCUT2D eigenvalue weighted by molar-refractivity contribution is 0.506. The van der Waals surface area contributed by atoms with Crippen LogP contribution < -0.4 is 0 Å². The van der Waals surface area contributed by atoms with Crippen LogP contribution in [0.1, 0.15) is 49.3 Å². The third kappa shape index (κ3) is 3.74. The van der Waals surface area contributed by atoms with E-state index in [1.54, 1.807) is 6.07 Å². The van der Waals surface area contributed by atoms with Crippen LogP contribution in [0.2, 0.25) is 10.0 Å². The number of halogens is 3. The first-order valence-electron chi connectivity index (χ1n) is 7.04. The summed E-state index contributed by atoms with van der Waals surface area (Å²) in [7, 11) is 0. The topological polar surface area (TPSA) is 0 Å². The summed E-state index contributed by atoms with van der Waals surface area (Å²) in [4.78, 5) is 0. The molecule has 0 aromatic heterocycles. The molecule has 0 N–H and O–H groups in total. The Morgan fingerprint density at radius 1 is 1.00 bits per heavy atom. The smallest absolute Gasteiger partial charge is 0.0849 e. The highest BCUT2D eigenvalue weighted by Crippen LogP contribution is 2.36. The SMILES string of the molecule is CCC(C)(C)c1ccc(C(Cl)c2ccc(Cl)cc2Cl)cc1. The van der Waals surface area contributed by atoms with Gasteiger partial charge in [-0.2, -0.15) is 0 Å². The highest BCUT2D eigenvalue weighted by molar-refractivity contribution is 6.36. The van der Waals surface area contributed by atoms with E-state index >= 15 is 0 Å². The molecule has 21 heavy (non-hydrogen) atoms. The summed E-state index contributed by atoms with van der Waals surface area (Å²) < 4.78 is 0. The van der Waals surface area contributed by atoms with Crippen LogP contribution in [0.15, 0.2) is 42.5 Å². The van der Waals surface area contributed by atoms with Crippen LogP contribution in [0, 0.1) is 0 Å². The zero-order valence-corrected chi connectivity index (χ0v) is 14.7. The predicted octanol–water partition coefficient (Wildman–Crippen LogP) is 7.01. The van der Waals surface area contributed by atoms with Crippen molar-refractivity contribution in [1.82, 2.24) is 0 Å². The van der Waals surface area contributed by atoms with Crippen LogP contribution in [0.25, 0.3) is 0 Å². The molecule has 0 saturated carbocycles. The molecule has 2 aromatic carbocycles. The zero-order valence-electron chi connectivity index (χ0n) is 12.5. The number of rotatable bonds is 4. The van der Waals surface area contributed by atoms with Crippen molar-refractivity contribution < 1.29 is 0 Å². The van der Waals surface area contributed by atoms with Gasteiger partial charge in [-0.25, -0.2) is 0 Å². The van der Waals surface area contributed by atoms with Crippen molar-refractivity contribution in [3.8, 4) is 0 Å². The monoisotopic (exact) mass is 340 g/mol. The molecule has 0 nitrogen and oxygen atoms in total. The van der Waals surface area contributed by atoms with Gasteiger partial charge in [-0.1, -0.05) is 74.3 Å². The van der Waals surface area contributed by atoms with Crippen molar-refractivity contribution in [1.29, 1.82) is 0 Å². The van der Waals surface area contributed by atoms with Crippen LogP contribution in [-0.2, 0) is 5.41 Å². The van der Waals surface area contributed by atoms with Gasteiger partial charge >= 0.3 is 0 Å². The molecule has 0 amide bonds. The summed E-state index contributed by atoms with van der Waals surface area (Å²) in [6.07, 6.45) is 1.10. The maximum atomic E-state index is 6.56. The van der Waals surface area contributed by atoms with Crippen molar-refractivity contribution >= 4 is 34.8 Å². The summed E-state index contributed by atoms with van der Waals surface area (Å²) in [6.45, 7) is 6.69. The highest BCUT2D eigenvalue weighted by atomic mass is 35.5. The van der Waals surface area contributed by atoms with Gasteiger partial charge in [-0.05, 0) is 40.7 Å².